The SMILES string of the molecule is CC(=C[N+](=O)[O-])c1cccc2ccccc12. The van der Waals surface area contributed by atoms with Gasteiger partial charge in [-0.25, -0.2) is 0 Å². The first-order chi connectivity index (χ1) is 7.68. The summed E-state index contributed by atoms with van der Waals surface area (Å²) in [4.78, 5) is 10.0. The van der Waals surface area contributed by atoms with Crippen molar-refractivity contribution >= 4 is 16.3 Å². The second kappa shape index (κ2) is 4.14. The predicted molar refractivity (Wildman–Crippen MR) is 64.6 cm³/mol. The van der Waals surface area contributed by atoms with Gasteiger partial charge in [-0.2, -0.15) is 0 Å². The molecule has 2 aromatic carbocycles. The number of rotatable bonds is 2. The van der Waals surface area contributed by atoms with Crippen molar-refractivity contribution < 1.29 is 4.92 Å². The maximum atomic E-state index is 10.4. The molecule has 0 saturated carbocycles. The molecule has 2 aromatic rings. The van der Waals surface area contributed by atoms with Crippen molar-refractivity contribution in [2.24, 2.45) is 0 Å². The van der Waals surface area contributed by atoms with E-state index >= 15 is 0 Å². The van der Waals surface area contributed by atoms with Gasteiger partial charge < -0.3 is 0 Å². The molecular formula is C13H11NO2. The summed E-state index contributed by atoms with van der Waals surface area (Å²) in [7, 11) is 0. The van der Waals surface area contributed by atoms with E-state index in [1.807, 2.05) is 42.5 Å². The highest BCUT2D eigenvalue weighted by molar-refractivity contribution is 5.93. The molecule has 80 valence electrons. The molecule has 0 aliphatic heterocycles. The Kier molecular flexibility index (Phi) is 2.68. The third kappa shape index (κ3) is 1.93. The lowest BCUT2D eigenvalue weighted by Gasteiger charge is -2.04. The molecule has 0 bridgehead atoms. The molecule has 0 N–H and O–H groups in total. The second-order valence-corrected chi connectivity index (χ2v) is 3.62. The average molecular weight is 213 g/mol. The van der Waals surface area contributed by atoms with Gasteiger partial charge in [-0.15, -0.1) is 0 Å². The largest absolute Gasteiger partial charge is 0.259 e. The molecule has 3 heteroatoms. The number of fused-ring (bicyclic) bond motifs is 1. The van der Waals surface area contributed by atoms with E-state index in [1.165, 1.54) is 0 Å². The van der Waals surface area contributed by atoms with Crippen LogP contribution >= 0.6 is 0 Å². The predicted octanol–water partition coefficient (Wildman–Crippen LogP) is 3.48. The fourth-order valence-electron chi connectivity index (χ4n) is 1.80. The van der Waals surface area contributed by atoms with Gasteiger partial charge in [0.15, 0.2) is 0 Å². The third-order valence-electron chi connectivity index (χ3n) is 2.51. The molecule has 0 unspecified atom stereocenters. The molecule has 0 spiro atoms. The lowest BCUT2D eigenvalue weighted by atomic mass is 10.00. The van der Waals surface area contributed by atoms with Gasteiger partial charge in [0.2, 0.25) is 6.20 Å². The quantitative estimate of drug-likeness (QED) is 0.566. The lowest BCUT2D eigenvalue weighted by molar-refractivity contribution is -0.401. The molecule has 3 nitrogen and oxygen atoms in total. The average Bonchev–Trinajstić information content (AvgIpc) is 2.27. The maximum absolute atomic E-state index is 10.4. The summed E-state index contributed by atoms with van der Waals surface area (Å²) in [5.41, 5.74) is 1.58. The van der Waals surface area contributed by atoms with Crippen molar-refractivity contribution in [3.8, 4) is 0 Å². The van der Waals surface area contributed by atoms with Crippen LogP contribution in [0.4, 0.5) is 0 Å². The van der Waals surface area contributed by atoms with Crippen LogP contribution in [0.5, 0.6) is 0 Å². The minimum atomic E-state index is -0.420. The monoisotopic (exact) mass is 213 g/mol. The smallest absolute Gasteiger partial charge is 0.237 e. The minimum absolute atomic E-state index is 0.420. The third-order valence-corrected chi connectivity index (χ3v) is 2.51. The van der Waals surface area contributed by atoms with E-state index in [-0.39, 0.29) is 0 Å². The van der Waals surface area contributed by atoms with Gasteiger partial charge >= 0.3 is 0 Å². The molecule has 0 aliphatic carbocycles. The van der Waals surface area contributed by atoms with Crippen molar-refractivity contribution in [1.82, 2.24) is 0 Å². The zero-order valence-electron chi connectivity index (χ0n) is 8.88. The Hall–Kier alpha value is -2.16. The number of nitrogens with zero attached hydrogens (tertiary/aromatic N) is 1. The Morgan fingerprint density at radius 1 is 1.19 bits per heavy atom. The Bertz CT molecular complexity index is 568. The van der Waals surface area contributed by atoms with Gasteiger partial charge in [-0.1, -0.05) is 42.5 Å². The van der Waals surface area contributed by atoms with Gasteiger partial charge in [-0.3, -0.25) is 10.1 Å². The van der Waals surface area contributed by atoms with E-state index in [0.717, 1.165) is 22.5 Å². The van der Waals surface area contributed by atoms with Crippen LogP contribution < -0.4 is 0 Å². The second-order valence-electron chi connectivity index (χ2n) is 3.62. The van der Waals surface area contributed by atoms with Crippen molar-refractivity contribution in [3.63, 3.8) is 0 Å². The van der Waals surface area contributed by atoms with Crippen LogP contribution in [0.3, 0.4) is 0 Å². The van der Waals surface area contributed by atoms with Crippen molar-refractivity contribution in [1.29, 1.82) is 0 Å². The van der Waals surface area contributed by atoms with Crippen LogP contribution in [-0.2, 0) is 0 Å². The van der Waals surface area contributed by atoms with E-state index in [4.69, 9.17) is 0 Å². The first-order valence-electron chi connectivity index (χ1n) is 4.98. The first kappa shape index (κ1) is 10.4. The Morgan fingerprint density at radius 2 is 1.88 bits per heavy atom. The number of benzene rings is 2. The van der Waals surface area contributed by atoms with Gasteiger partial charge in [0.25, 0.3) is 0 Å². The number of hydrogen-bond acceptors (Lipinski definition) is 2. The molecule has 0 fully saturated rings. The van der Waals surface area contributed by atoms with E-state index in [0.29, 0.717) is 5.57 Å². The van der Waals surface area contributed by atoms with Crippen LogP contribution in [0.15, 0.2) is 48.7 Å². The number of allylic oxidation sites excluding steroid dienone is 1. The number of hydrogen-bond donors (Lipinski definition) is 0. The highest BCUT2D eigenvalue weighted by Crippen LogP contribution is 2.24. The van der Waals surface area contributed by atoms with Crippen LogP contribution in [-0.4, -0.2) is 4.92 Å². The Balaban J connectivity index is 2.65. The first-order valence-corrected chi connectivity index (χ1v) is 4.98. The highest BCUT2D eigenvalue weighted by atomic mass is 16.6. The van der Waals surface area contributed by atoms with E-state index in [9.17, 15) is 10.1 Å². The summed E-state index contributed by atoms with van der Waals surface area (Å²) < 4.78 is 0. The van der Waals surface area contributed by atoms with Gasteiger partial charge in [-0.05, 0) is 23.3 Å². The molecule has 0 atom stereocenters. The van der Waals surface area contributed by atoms with Crippen molar-refractivity contribution in [3.05, 3.63) is 64.3 Å². The van der Waals surface area contributed by atoms with Crippen LogP contribution in [0.25, 0.3) is 16.3 Å². The topological polar surface area (TPSA) is 43.1 Å². The fourth-order valence-corrected chi connectivity index (χ4v) is 1.80. The molecule has 0 saturated heterocycles. The molecule has 0 heterocycles. The lowest BCUT2D eigenvalue weighted by Crippen LogP contribution is -1.89. The standard InChI is InChI=1S/C13H11NO2/c1-10(9-14(15)16)12-8-4-6-11-5-2-3-7-13(11)12/h2-9H,1H3. The van der Waals surface area contributed by atoms with Crippen LogP contribution in [0, 0.1) is 10.1 Å². The molecule has 2 rings (SSSR count). The fraction of sp³-hybridized carbons (Fsp3) is 0.0769. The summed E-state index contributed by atoms with van der Waals surface area (Å²) in [5.74, 6) is 0. The van der Waals surface area contributed by atoms with Crippen LogP contribution in [0.1, 0.15) is 12.5 Å². The van der Waals surface area contributed by atoms with Gasteiger partial charge in [0, 0.05) is 5.57 Å². The summed E-state index contributed by atoms with van der Waals surface area (Å²) in [6.45, 7) is 1.75. The summed E-state index contributed by atoms with van der Waals surface area (Å²) in [5, 5.41) is 12.6. The van der Waals surface area contributed by atoms with Gasteiger partial charge in [0.1, 0.15) is 0 Å². The highest BCUT2D eigenvalue weighted by Gasteiger charge is 2.04. The number of nitro groups is 1. The van der Waals surface area contributed by atoms with Crippen molar-refractivity contribution in [2.75, 3.05) is 0 Å². The molecule has 0 amide bonds. The summed E-state index contributed by atoms with van der Waals surface area (Å²) >= 11 is 0. The van der Waals surface area contributed by atoms with E-state index < -0.39 is 4.92 Å². The summed E-state index contributed by atoms with van der Waals surface area (Å²) in [6, 6.07) is 13.7. The molecule has 16 heavy (non-hydrogen) atoms. The normalized spacial score (nSPS) is 11.7. The summed E-state index contributed by atoms with van der Waals surface area (Å²) in [6.07, 6.45) is 1.04. The zero-order valence-corrected chi connectivity index (χ0v) is 8.88. The van der Waals surface area contributed by atoms with E-state index in [2.05, 4.69) is 0 Å². The van der Waals surface area contributed by atoms with Crippen LogP contribution in [0.2, 0.25) is 0 Å². The Morgan fingerprint density at radius 3 is 2.62 bits per heavy atom. The van der Waals surface area contributed by atoms with Gasteiger partial charge in [0.05, 0.1) is 4.92 Å². The maximum Gasteiger partial charge on any atom is 0.237 e. The minimum Gasteiger partial charge on any atom is -0.259 e. The molecular weight excluding hydrogens is 202 g/mol. The zero-order chi connectivity index (χ0) is 11.5. The van der Waals surface area contributed by atoms with Crippen molar-refractivity contribution in [2.45, 2.75) is 6.92 Å². The molecule has 0 aliphatic rings. The Labute approximate surface area is 93.2 Å². The molecule has 0 radical (unpaired) electrons. The van der Waals surface area contributed by atoms with E-state index in [1.54, 1.807) is 6.92 Å². The molecule has 0 aromatic heterocycles.